The molecule has 23 heavy (non-hydrogen) atoms. The molecule has 1 atom stereocenters. The third-order valence-electron chi connectivity index (χ3n) is 3.76. The van der Waals surface area contributed by atoms with Gasteiger partial charge in [0, 0.05) is 23.7 Å². The summed E-state index contributed by atoms with van der Waals surface area (Å²) in [4.78, 5) is 0. The zero-order chi connectivity index (χ0) is 16.8. The number of aryl methyl sites for hydroxylation is 1. The number of hydrogen-bond acceptors (Lipinski definition) is 4. The molecule has 1 unspecified atom stereocenters. The van der Waals surface area contributed by atoms with Crippen molar-refractivity contribution in [2.75, 3.05) is 20.8 Å². The summed E-state index contributed by atoms with van der Waals surface area (Å²) in [6.07, 6.45) is -0.649. The van der Waals surface area contributed by atoms with Crippen LogP contribution in [-0.4, -0.2) is 25.9 Å². The van der Waals surface area contributed by atoms with Crippen LogP contribution >= 0.6 is 11.6 Å². The number of ether oxygens (including phenoxy) is 2. The van der Waals surface area contributed by atoms with Gasteiger partial charge in [-0.1, -0.05) is 29.8 Å². The number of aliphatic hydroxyl groups excluding tert-OH is 1. The summed E-state index contributed by atoms with van der Waals surface area (Å²) < 4.78 is 10.6. The highest BCUT2D eigenvalue weighted by atomic mass is 35.5. The first kappa shape index (κ1) is 17.6. The third-order valence-corrected chi connectivity index (χ3v) is 4.10. The molecule has 0 aliphatic heterocycles. The lowest BCUT2D eigenvalue weighted by Gasteiger charge is -2.16. The van der Waals surface area contributed by atoms with E-state index in [9.17, 15) is 5.11 Å². The number of hydrogen-bond donors (Lipinski definition) is 2. The fourth-order valence-electron chi connectivity index (χ4n) is 2.41. The van der Waals surface area contributed by atoms with Gasteiger partial charge in [-0.25, -0.2) is 0 Å². The molecular weight excluding hydrogens is 314 g/mol. The molecule has 2 N–H and O–H groups in total. The lowest BCUT2D eigenvalue weighted by Crippen LogP contribution is -2.21. The Balaban J connectivity index is 2.00. The first-order valence-electron chi connectivity index (χ1n) is 7.41. The topological polar surface area (TPSA) is 50.7 Å². The maximum absolute atomic E-state index is 10.2. The lowest BCUT2D eigenvalue weighted by molar-refractivity contribution is 0.174. The predicted octanol–water partition coefficient (Wildman–Crippen LogP) is 3.49. The summed E-state index contributed by atoms with van der Waals surface area (Å²) in [5.41, 5.74) is 2.92. The number of nitrogens with one attached hydrogen (secondary N) is 1. The van der Waals surface area contributed by atoms with Gasteiger partial charge in [-0.15, -0.1) is 0 Å². The second-order valence-corrected chi connectivity index (χ2v) is 5.71. The maximum Gasteiger partial charge on any atom is 0.161 e. The molecule has 0 saturated heterocycles. The van der Waals surface area contributed by atoms with Gasteiger partial charge in [0.05, 0.1) is 20.3 Å². The van der Waals surface area contributed by atoms with Gasteiger partial charge in [-0.05, 0) is 36.2 Å². The second-order valence-electron chi connectivity index (χ2n) is 5.30. The second kappa shape index (κ2) is 8.20. The fraction of sp³-hybridized carbons (Fsp3) is 0.333. The van der Waals surface area contributed by atoms with Crippen molar-refractivity contribution in [1.29, 1.82) is 0 Å². The lowest BCUT2D eigenvalue weighted by atomic mass is 10.1. The highest BCUT2D eigenvalue weighted by molar-refractivity contribution is 6.31. The van der Waals surface area contributed by atoms with Gasteiger partial charge >= 0.3 is 0 Å². The van der Waals surface area contributed by atoms with E-state index in [4.69, 9.17) is 21.1 Å². The monoisotopic (exact) mass is 335 g/mol. The van der Waals surface area contributed by atoms with E-state index in [-0.39, 0.29) is 0 Å². The standard InChI is InChI=1S/C18H22ClNO3/c1-12-8-17(22-2)18(23-3)9-13(12)10-20-11-16(21)14-6-4-5-7-15(14)19/h4-9,16,20-21H,10-11H2,1-3H3. The van der Waals surface area contributed by atoms with E-state index in [1.54, 1.807) is 20.3 Å². The Morgan fingerprint density at radius 1 is 1.13 bits per heavy atom. The van der Waals surface area contributed by atoms with E-state index in [1.807, 2.05) is 37.3 Å². The average Bonchev–Trinajstić information content (AvgIpc) is 2.56. The van der Waals surface area contributed by atoms with Gasteiger partial charge in [0.15, 0.2) is 11.5 Å². The molecule has 0 spiro atoms. The summed E-state index contributed by atoms with van der Waals surface area (Å²) in [6.45, 7) is 3.05. The molecular formula is C18H22ClNO3. The molecule has 0 aliphatic carbocycles. The number of rotatable bonds is 7. The Morgan fingerprint density at radius 2 is 1.78 bits per heavy atom. The van der Waals surface area contributed by atoms with Crippen LogP contribution in [0.25, 0.3) is 0 Å². The molecule has 0 aliphatic rings. The molecule has 5 heteroatoms. The van der Waals surface area contributed by atoms with Crippen LogP contribution < -0.4 is 14.8 Å². The molecule has 0 amide bonds. The highest BCUT2D eigenvalue weighted by Crippen LogP contribution is 2.30. The van der Waals surface area contributed by atoms with Crippen molar-refractivity contribution < 1.29 is 14.6 Å². The minimum absolute atomic E-state index is 0.414. The van der Waals surface area contributed by atoms with E-state index in [1.165, 1.54) is 0 Å². The fourth-order valence-corrected chi connectivity index (χ4v) is 2.67. The minimum Gasteiger partial charge on any atom is -0.493 e. The Hall–Kier alpha value is -1.75. The van der Waals surface area contributed by atoms with Crippen molar-refractivity contribution in [3.8, 4) is 11.5 Å². The van der Waals surface area contributed by atoms with Crippen LogP contribution in [0.2, 0.25) is 5.02 Å². The smallest absolute Gasteiger partial charge is 0.161 e. The van der Waals surface area contributed by atoms with Crippen LogP contribution in [0.1, 0.15) is 22.8 Å². The van der Waals surface area contributed by atoms with Crippen molar-refractivity contribution in [2.24, 2.45) is 0 Å². The molecule has 0 saturated carbocycles. The first-order valence-corrected chi connectivity index (χ1v) is 7.79. The normalized spacial score (nSPS) is 12.0. The van der Waals surface area contributed by atoms with Gasteiger partial charge in [-0.2, -0.15) is 0 Å². The molecule has 2 aromatic carbocycles. The van der Waals surface area contributed by atoms with Gasteiger partial charge < -0.3 is 19.9 Å². The molecule has 2 rings (SSSR count). The van der Waals surface area contributed by atoms with Gasteiger partial charge in [0.25, 0.3) is 0 Å². The minimum atomic E-state index is -0.649. The SMILES string of the molecule is COc1cc(C)c(CNCC(O)c2ccccc2Cl)cc1OC. The first-order chi connectivity index (χ1) is 11.1. The number of aliphatic hydroxyl groups is 1. The molecule has 0 heterocycles. The highest BCUT2D eigenvalue weighted by Gasteiger charge is 2.12. The van der Waals surface area contributed by atoms with Crippen molar-refractivity contribution in [3.63, 3.8) is 0 Å². The summed E-state index contributed by atoms with van der Waals surface area (Å²) in [6, 6.07) is 11.2. The number of benzene rings is 2. The quantitative estimate of drug-likeness (QED) is 0.813. The molecule has 4 nitrogen and oxygen atoms in total. The zero-order valence-corrected chi connectivity index (χ0v) is 14.4. The average molecular weight is 336 g/mol. The van der Waals surface area contributed by atoms with Gasteiger partial charge in [0.1, 0.15) is 0 Å². The van der Waals surface area contributed by atoms with E-state index >= 15 is 0 Å². The zero-order valence-electron chi connectivity index (χ0n) is 13.6. The van der Waals surface area contributed by atoms with Crippen molar-refractivity contribution in [3.05, 3.63) is 58.1 Å². The maximum atomic E-state index is 10.2. The summed E-state index contributed by atoms with van der Waals surface area (Å²) in [5.74, 6) is 1.41. The van der Waals surface area contributed by atoms with Crippen LogP contribution in [0.5, 0.6) is 11.5 Å². The van der Waals surface area contributed by atoms with Crippen molar-refractivity contribution in [1.82, 2.24) is 5.32 Å². The van der Waals surface area contributed by atoms with E-state index in [0.717, 1.165) is 16.7 Å². The van der Waals surface area contributed by atoms with Crippen molar-refractivity contribution in [2.45, 2.75) is 19.6 Å². The molecule has 0 bridgehead atoms. The Morgan fingerprint density at radius 3 is 2.43 bits per heavy atom. The third kappa shape index (κ3) is 4.38. The Kier molecular flexibility index (Phi) is 6.28. The van der Waals surface area contributed by atoms with Crippen LogP contribution in [0.4, 0.5) is 0 Å². The number of halogens is 1. The summed E-state index contributed by atoms with van der Waals surface area (Å²) >= 11 is 6.10. The van der Waals surface area contributed by atoms with Crippen molar-refractivity contribution >= 4 is 11.6 Å². The molecule has 0 fully saturated rings. The van der Waals surface area contributed by atoms with Gasteiger partial charge in [-0.3, -0.25) is 0 Å². The van der Waals surface area contributed by atoms with E-state index < -0.39 is 6.10 Å². The Bertz CT molecular complexity index is 661. The van der Waals surface area contributed by atoms with Crippen LogP contribution in [-0.2, 0) is 6.54 Å². The predicted molar refractivity (Wildman–Crippen MR) is 92.4 cm³/mol. The molecule has 0 radical (unpaired) electrons. The molecule has 2 aromatic rings. The van der Waals surface area contributed by atoms with Crippen LogP contribution in [0.15, 0.2) is 36.4 Å². The van der Waals surface area contributed by atoms with E-state index in [2.05, 4.69) is 5.32 Å². The van der Waals surface area contributed by atoms with Crippen LogP contribution in [0, 0.1) is 6.92 Å². The van der Waals surface area contributed by atoms with Crippen LogP contribution in [0.3, 0.4) is 0 Å². The molecule has 124 valence electrons. The van der Waals surface area contributed by atoms with E-state index in [0.29, 0.717) is 29.6 Å². The largest absolute Gasteiger partial charge is 0.493 e. The number of methoxy groups -OCH3 is 2. The van der Waals surface area contributed by atoms with Gasteiger partial charge in [0.2, 0.25) is 0 Å². The summed E-state index contributed by atoms with van der Waals surface area (Å²) in [7, 11) is 3.24. The molecule has 0 aromatic heterocycles. The Labute approximate surface area is 142 Å². The summed E-state index contributed by atoms with van der Waals surface area (Å²) in [5, 5.41) is 14.1.